The van der Waals surface area contributed by atoms with Crippen LogP contribution in [-0.4, -0.2) is 30.9 Å². The van der Waals surface area contributed by atoms with Crippen molar-refractivity contribution in [1.82, 2.24) is 25.0 Å². The number of amides is 1. The van der Waals surface area contributed by atoms with E-state index in [4.69, 9.17) is 0 Å². The monoisotopic (exact) mass is 270 g/mol. The SMILES string of the molecule is Cc1[nH]ncc1C(=O)Nc1cnc2c(c1)c(C)nn2C. The van der Waals surface area contributed by atoms with E-state index in [0.717, 1.165) is 22.4 Å². The Hall–Kier alpha value is -2.70. The summed E-state index contributed by atoms with van der Waals surface area (Å²) in [7, 11) is 1.84. The fourth-order valence-corrected chi connectivity index (χ4v) is 2.15. The zero-order valence-electron chi connectivity index (χ0n) is 11.4. The first-order valence-electron chi connectivity index (χ1n) is 6.17. The molecule has 3 aromatic rings. The van der Waals surface area contributed by atoms with Gasteiger partial charge in [0.1, 0.15) is 0 Å². The number of aromatic amines is 1. The summed E-state index contributed by atoms with van der Waals surface area (Å²) in [4.78, 5) is 16.4. The molecule has 0 aliphatic carbocycles. The molecular weight excluding hydrogens is 256 g/mol. The molecule has 0 aromatic carbocycles. The molecule has 0 saturated heterocycles. The number of aromatic nitrogens is 5. The average Bonchev–Trinajstić information content (AvgIpc) is 2.95. The largest absolute Gasteiger partial charge is 0.320 e. The number of hydrogen-bond donors (Lipinski definition) is 2. The lowest BCUT2D eigenvalue weighted by Crippen LogP contribution is -2.12. The normalized spacial score (nSPS) is 10.9. The second-order valence-corrected chi connectivity index (χ2v) is 4.67. The fourth-order valence-electron chi connectivity index (χ4n) is 2.15. The molecule has 0 saturated carbocycles. The van der Waals surface area contributed by atoms with Gasteiger partial charge in [-0.2, -0.15) is 10.2 Å². The Labute approximate surface area is 115 Å². The van der Waals surface area contributed by atoms with Crippen molar-refractivity contribution in [2.75, 3.05) is 5.32 Å². The molecule has 0 unspecified atom stereocenters. The third-order valence-electron chi connectivity index (χ3n) is 3.20. The molecule has 3 aromatic heterocycles. The van der Waals surface area contributed by atoms with Crippen LogP contribution in [-0.2, 0) is 7.05 Å². The van der Waals surface area contributed by atoms with Gasteiger partial charge < -0.3 is 5.32 Å². The van der Waals surface area contributed by atoms with Crippen molar-refractivity contribution in [3.05, 3.63) is 35.4 Å². The van der Waals surface area contributed by atoms with E-state index in [0.29, 0.717) is 11.3 Å². The molecule has 2 N–H and O–H groups in total. The number of rotatable bonds is 2. The predicted molar refractivity (Wildman–Crippen MR) is 74.5 cm³/mol. The number of pyridine rings is 1. The Morgan fingerprint density at radius 3 is 2.85 bits per heavy atom. The van der Waals surface area contributed by atoms with Gasteiger partial charge >= 0.3 is 0 Å². The van der Waals surface area contributed by atoms with Crippen LogP contribution in [0.3, 0.4) is 0 Å². The van der Waals surface area contributed by atoms with Crippen LogP contribution < -0.4 is 5.32 Å². The Bertz CT molecular complexity index is 800. The summed E-state index contributed by atoms with van der Waals surface area (Å²) in [5, 5.41) is 14.6. The van der Waals surface area contributed by atoms with Crippen LogP contribution in [0.25, 0.3) is 11.0 Å². The summed E-state index contributed by atoms with van der Waals surface area (Å²) in [5.74, 6) is -0.209. The third-order valence-corrected chi connectivity index (χ3v) is 3.20. The maximum atomic E-state index is 12.1. The fraction of sp³-hybridized carbons (Fsp3) is 0.231. The second-order valence-electron chi connectivity index (χ2n) is 4.67. The van der Waals surface area contributed by atoms with Gasteiger partial charge in [0.05, 0.1) is 29.3 Å². The molecule has 1 amide bonds. The van der Waals surface area contributed by atoms with E-state index in [2.05, 4.69) is 25.6 Å². The predicted octanol–water partition coefficient (Wildman–Crippen LogP) is 1.56. The summed E-state index contributed by atoms with van der Waals surface area (Å²) in [5.41, 5.74) is 3.56. The number of nitrogens with zero attached hydrogens (tertiary/aromatic N) is 4. The van der Waals surface area contributed by atoms with Crippen molar-refractivity contribution in [3.8, 4) is 0 Å². The zero-order chi connectivity index (χ0) is 14.3. The number of anilines is 1. The number of carbonyl (C=O) groups excluding carboxylic acids is 1. The van der Waals surface area contributed by atoms with Gasteiger partial charge in [0.15, 0.2) is 5.65 Å². The minimum Gasteiger partial charge on any atom is -0.320 e. The van der Waals surface area contributed by atoms with Crippen LogP contribution in [0, 0.1) is 13.8 Å². The minimum absolute atomic E-state index is 0.209. The minimum atomic E-state index is -0.209. The van der Waals surface area contributed by atoms with E-state index in [1.165, 1.54) is 6.20 Å². The van der Waals surface area contributed by atoms with Gasteiger partial charge in [0, 0.05) is 18.1 Å². The van der Waals surface area contributed by atoms with E-state index < -0.39 is 0 Å². The number of hydrogen-bond acceptors (Lipinski definition) is 4. The van der Waals surface area contributed by atoms with Crippen LogP contribution in [0.15, 0.2) is 18.5 Å². The summed E-state index contributed by atoms with van der Waals surface area (Å²) in [6.07, 6.45) is 3.13. The first-order valence-corrected chi connectivity index (χ1v) is 6.17. The lowest BCUT2D eigenvalue weighted by molar-refractivity contribution is 0.102. The Morgan fingerprint density at radius 1 is 1.35 bits per heavy atom. The molecule has 7 nitrogen and oxygen atoms in total. The van der Waals surface area contributed by atoms with E-state index in [1.54, 1.807) is 17.8 Å². The molecule has 7 heteroatoms. The van der Waals surface area contributed by atoms with Crippen molar-refractivity contribution in [3.63, 3.8) is 0 Å². The number of H-pyrrole nitrogens is 1. The molecule has 0 radical (unpaired) electrons. The zero-order valence-corrected chi connectivity index (χ0v) is 11.4. The summed E-state index contributed by atoms with van der Waals surface area (Å²) >= 11 is 0. The van der Waals surface area contributed by atoms with E-state index >= 15 is 0 Å². The highest BCUT2D eigenvalue weighted by Crippen LogP contribution is 2.19. The quantitative estimate of drug-likeness (QED) is 0.739. The summed E-state index contributed by atoms with van der Waals surface area (Å²) < 4.78 is 1.72. The maximum absolute atomic E-state index is 12.1. The molecule has 0 aliphatic heterocycles. The van der Waals surface area contributed by atoms with Crippen molar-refractivity contribution in [2.45, 2.75) is 13.8 Å². The third kappa shape index (κ3) is 1.93. The standard InChI is InChI=1S/C13H14N6O/c1-7-11(6-15-17-7)13(20)16-9-4-10-8(2)18-19(3)12(10)14-5-9/h4-6H,1-3H3,(H,15,17)(H,16,20). The molecule has 20 heavy (non-hydrogen) atoms. The van der Waals surface area contributed by atoms with E-state index in [9.17, 15) is 4.79 Å². The van der Waals surface area contributed by atoms with Crippen molar-refractivity contribution in [1.29, 1.82) is 0 Å². The summed E-state index contributed by atoms with van der Waals surface area (Å²) in [6, 6.07) is 1.87. The van der Waals surface area contributed by atoms with Crippen molar-refractivity contribution >= 4 is 22.6 Å². The molecule has 0 bridgehead atoms. The van der Waals surface area contributed by atoms with Crippen LogP contribution in [0.2, 0.25) is 0 Å². The number of nitrogens with one attached hydrogen (secondary N) is 2. The second kappa shape index (κ2) is 4.44. The molecule has 0 fully saturated rings. The van der Waals surface area contributed by atoms with Crippen LogP contribution in [0.1, 0.15) is 21.7 Å². The summed E-state index contributed by atoms with van der Waals surface area (Å²) in [6.45, 7) is 3.71. The maximum Gasteiger partial charge on any atom is 0.259 e. The van der Waals surface area contributed by atoms with Gasteiger partial charge in [-0.05, 0) is 19.9 Å². The van der Waals surface area contributed by atoms with Crippen molar-refractivity contribution < 1.29 is 4.79 Å². The Morgan fingerprint density at radius 2 is 2.15 bits per heavy atom. The van der Waals surface area contributed by atoms with Crippen molar-refractivity contribution in [2.24, 2.45) is 7.05 Å². The average molecular weight is 270 g/mol. The molecule has 0 aliphatic rings. The van der Waals surface area contributed by atoms with Gasteiger partial charge in [0.2, 0.25) is 0 Å². The van der Waals surface area contributed by atoms with Gasteiger partial charge in [-0.3, -0.25) is 14.6 Å². The number of carbonyl (C=O) groups is 1. The molecule has 3 heterocycles. The van der Waals surface area contributed by atoms with Gasteiger partial charge in [-0.15, -0.1) is 0 Å². The first-order chi connectivity index (χ1) is 9.56. The number of aryl methyl sites for hydroxylation is 3. The Kier molecular flexibility index (Phi) is 2.74. The van der Waals surface area contributed by atoms with Crippen LogP contribution in [0.4, 0.5) is 5.69 Å². The highest BCUT2D eigenvalue weighted by atomic mass is 16.1. The van der Waals surface area contributed by atoms with Gasteiger partial charge in [0.25, 0.3) is 5.91 Å². The smallest absolute Gasteiger partial charge is 0.259 e. The lowest BCUT2D eigenvalue weighted by Gasteiger charge is -2.04. The van der Waals surface area contributed by atoms with Crippen LogP contribution in [0.5, 0.6) is 0 Å². The van der Waals surface area contributed by atoms with E-state index in [1.807, 2.05) is 20.0 Å². The molecule has 0 atom stereocenters. The number of fused-ring (bicyclic) bond motifs is 1. The Balaban J connectivity index is 1.93. The highest BCUT2D eigenvalue weighted by Gasteiger charge is 2.13. The molecular formula is C13H14N6O. The first kappa shape index (κ1) is 12.3. The molecule has 0 spiro atoms. The molecule has 102 valence electrons. The highest BCUT2D eigenvalue weighted by molar-refractivity contribution is 6.05. The van der Waals surface area contributed by atoms with Gasteiger partial charge in [-0.25, -0.2) is 4.98 Å². The van der Waals surface area contributed by atoms with E-state index in [-0.39, 0.29) is 5.91 Å². The topological polar surface area (TPSA) is 88.5 Å². The molecule has 3 rings (SSSR count). The van der Waals surface area contributed by atoms with Crippen LogP contribution >= 0.6 is 0 Å². The lowest BCUT2D eigenvalue weighted by atomic mass is 10.2. The van der Waals surface area contributed by atoms with Gasteiger partial charge in [-0.1, -0.05) is 0 Å².